The molecule has 1 aromatic carbocycles. The summed E-state index contributed by atoms with van der Waals surface area (Å²) in [4.78, 5) is 12.1. The molecule has 0 aliphatic carbocycles. The van der Waals surface area contributed by atoms with Gasteiger partial charge in [-0.1, -0.05) is 41.9 Å². The molecule has 1 aliphatic heterocycles. The maximum absolute atomic E-state index is 12.1. The average Bonchev–Trinajstić information content (AvgIpc) is 2.46. The van der Waals surface area contributed by atoms with Crippen LogP contribution in [0.3, 0.4) is 0 Å². The van der Waals surface area contributed by atoms with Gasteiger partial charge in [-0.25, -0.2) is 0 Å². The zero-order valence-electron chi connectivity index (χ0n) is 11.9. The van der Waals surface area contributed by atoms with E-state index in [1.165, 1.54) is 5.56 Å². The molecule has 0 saturated carbocycles. The van der Waals surface area contributed by atoms with Crippen LogP contribution in [-0.2, 0) is 14.9 Å². The predicted molar refractivity (Wildman–Crippen MR) is 82.8 cm³/mol. The molecule has 4 nitrogen and oxygen atoms in total. The molecule has 1 aromatic rings. The third-order valence-corrected chi connectivity index (χ3v) is 4.02. The predicted octanol–water partition coefficient (Wildman–Crippen LogP) is 1.83. The van der Waals surface area contributed by atoms with Crippen LogP contribution < -0.4 is 10.6 Å². The van der Waals surface area contributed by atoms with Crippen molar-refractivity contribution in [1.29, 1.82) is 0 Å². The Morgan fingerprint density at radius 3 is 3.00 bits per heavy atom. The monoisotopic (exact) mass is 340 g/mol. The molecule has 1 aliphatic rings. The summed E-state index contributed by atoms with van der Waals surface area (Å²) < 4.78 is 6.50. The fourth-order valence-electron chi connectivity index (χ4n) is 2.17. The van der Waals surface area contributed by atoms with Gasteiger partial charge in [-0.3, -0.25) is 4.79 Å². The summed E-state index contributed by atoms with van der Waals surface area (Å²) in [6, 6.07) is 8.18. The summed E-state index contributed by atoms with van der Waals surface area (Å²) in [6.07, 6.45) is -0.373. The second kappa shape index (κ2) is 6.70. The Morgan fingerprint density at radius 2 is 2.35 bits per heavy atom. The van der Waals surface area contributed by atoms with Gasteiger partial charge in [0, 0.05) is 29.5 Å². The van der Waals surface area contributed by atoms with E-state index in [1.807, 2.05) is 12.1 Å². The first-order valence-electron chi connectivity index (χ1n) is 6.85. The van der Waals surface area contributed by atoms with Gasteiger partial charge in [-0.2, -0.15) is 0 Å². The molecule has 2 rings (SSSR count). The molecular weight excluding hydrogens is 320 g/mol. The molecule has 0 bridgehead atoms. The lowest BCUT2D eigenvalue weighted by atomic mass is 9.84. The van der Waals surface area contributed by atoms with E-state index in [4.69, 9.17) is 4.74 Å². The Morgan fingerprint density at radius 1 is 1.55 bits per heavy atom. The Bertz CT molecular complexity index is 471. The van der Waals surface area contributed by atoms with Gasteiger partial charge in [0.25, 0.3) is 0 Å². The first-order valence-corrected chi connectivity index (χ1v) is 7.64. The topological polar surface area (TPSA) is 50.4 Å². The van der Waals surface area contributed by atoms with Crippen molar-refractivity contribution in [2.45, 2.75) is 25.4 Å². The molecule has 5 heteroatoms. The lowest BCUT2D eigenvalue weighted by Crippen LogP contribution is -2.49. The van der Waals surface area contributed by atoms with Crippen molar-refractivity contribution in [2.75, 3.05) is 26.2 Å². The quantitative estimate of drug-likeness (QED) is 0.879. The van der Waals surface area contributed by atoms with Gasteiger partial charge in [0.05, 0.1) is 6.61 Å². The first-order chi connectivity index (χ1) is 9.49. The lowest BCUT2D eigenvalue weighted by Gasteiger charge is -2.28. The van der Waals surface area contributed by atoms with Crippen molar-refractivity contribution < 1.29 is 9.53 Å². The van der Waals surface area contributed by atoms with E-state index in [-0.39, 0.29) is 17.4 Å². The van der Waals surface area contributed by atoms with Crippen LogP contribution in [0.5, 0.6) is 0 Å². The summed E-state index contributed by atoms with van der Waals surface area (Å²) >= 11 is 3.48. The van der Waals surface area contributed by atoms with Crippen molar-refractivity contribution in [1.82, 2.24) is 10.6 Å². The summed E-state index contributed by atoms with van der Waals surface area (Å²) in [6.45, 7) is 6.82. The molecule has 110 valence electrons. The molecular formula is C15H21BrN2O2. The van der Waals surface area contributed by atoms with E-state index in [0.717, 1.165) is 11.0 Å². The first kappa shape index (κ1) is 15.5. The van der Waals surface area contributed by atoms with E-state index < -0.39 is 0 Å². The molecule has 1 atom stereocenters. The molecule has 0 radical (unpaired) electrons. The largest absolute Gasteiger partial charge is 0.366 e. The van der Waals surface area contributed by atoms with Gasteiger partial charge < -0.3 is 15.4 Å². The number of nitrogens with one attached hydrogen (secondary N) is 2. The number of ether oxygens (including phenoxy) is 1. The van der Waals surface area contributed by atoms with Crippen molar-refractivity contribution in [2.24, 2.45) is 0 Å². The maximum atomic E-state index is 12.1. The van der Waals surface area contributed by atoms with Crippen LogP contribution in [0.4, 0.5) is 0 Å². The number of hydrogen-bond donors (Lipinski definition) is 2. The molecule has 0 aromatic heterocycles. The number of rotatable bonds is 4. The Balaban J connectivity index is 1.93. The van der Waals surface area contributed by atoms with Crippen LogP contribution in [0, 0.1) is 0 Å². The molecule has 2 N–H and O–H groups in total. The van der Waals surface area contributed by atoms with Crippen molar-refractivity contribution in [3.63, 3.8) is 0 Å². The van der Waals surface area contributed by atoms with E-state index in [1.54, 1.807) is 0 Å². The van der Waals surface area contributed by atoms with Crippen LogP contribution in [0.25, 0.3) is 0 Å². The minimum atomic E-state index is -0.373. The fraction of sp³-hybridized carbons (Fsp3) is 0.533. The van der Waals surface area contributed by atoms with Crippen molar-refractivity contribution in [3.05, 3.63) is 34.3 Å². The SMILES string of the molecule is CC(C)(CNC(=O)C1CNCCO1)c1cccc(Br)c1. The molecule has 1 saturated heterocycles. The van der Waals surface area contributed by atoms with Gasteiger partial charge in [0.1, 0.15) is 6.10 Å². The van der Waals surface area contributed by atoms with Crippen LogP contribution in [0.15, 0.2) is 28.7 Å². The summed E-state index contributed by atoms with van der Waals surface area (Å²) in [5.74, 6) is -0.0414. The highest BCUT2D eigenvalue weighted by Crippen LogP contribution is 2.25. The van der Waals surface area contributed by atoms with Crippen molar-refractivity contribution in [3.8, 4) is 0 Å². The Hall–Kier alpha value is -0.910. The van der Waals surface area contributed by atoms with Gasteiger partial charge in [-0.15, -0.1) is 0 Å². The second-order valence-corrected chi connectivity index (χ2v) is 6.59. The molecule has 20 heavy (non-hydrogen) atoms. The standard InChI is InChI=1S/C15H21BrN2O2/c1-15(2,11-4-3-5-12(16)8-11)10-18-14(19)13-9-17-6-7-20-13/h3-5,8,13,17H,6-7,9-10H2,1-2H3,(H,18,19). The highest BCUT2D eigenvalue weighted by molar-refractivity contribution is 9.10. The van der Waals surface area contributed by atoms with Crippen molar-refractivity contribution >= 4 is 21.8 Å². The van der Waals surface area contributed by atoms with Gasteiger partial charge in [0.15, 0.2) is 0 Å². The zero-order chi connectivity index (χ0) is 14.6. The van der Waals surface area contributed by atoms with Gasteiger partial charge in [-0.05, 0) is 17.7 Å². The zero-order valence-corrected chi connectivity index (χ0v) is 13.5. The second-order valence-electron chi connectivity index (χ2n) is 5.68. The molecule has 0 spiro atoms. The summed E-state index contributed by atoms with van der Waals surface area (Å²) in [7, 11) is 0. The molecule has 1 amide bonds. The minimum Gasteiger partial charge on any atom is -0.366 e. The van der Waals surface area contributed by atoms with Gasteiger partial charge in [0.2, 0.25) is 5.91 Å². The smallest absolute Gasteiger partial charge is 0.250 e. The molecule has 1 fully saturated rings. The normalized spacial score (nSPS) is 19.6. The number of amides is 1. The average molecular weight is 341 g/mol. The molecule has 1 unspecified atom stereocenters. The fourth-order valence-corrected chi connectivity index (χ4v) is 2.57. The Kier molecular flexibility index (Phi) is 5.18. The van der Waals surface area contributed by atoms with E-state index in [0.29, 0.717) is 19.7 Å². The summed E-state index contributed by atoms with van der Waals surface area (Å²) in [5, 5.41) is 6.15. The van der Waals surface area contributed by atoms with Crippen LogP contribution in [0.2, 0.25) is 0 Å². The Labute approximate surface area is 128 Å². The highest BCUT2D eigenvalue weighted by Gasteiger charge is 2.26. The number of benzene rings is 1. The maximum Gasteiger partial charge on any atom is 0.250 e. The number of carbonyl (C=O) groups excluding carboxylic acids is 1. The third-order valence-electron chi connectivity index (χ3n) is 3.53. The number of morpholine rings is 1. The number of carbonyl (C=O) groups is 1. The van der Waals surface area contributed by atoms with Gasteiger partial charge >= 0.3 is 0 Å². The minimum absolute atomic E-state index is 0.0414. The highest BCUT2D eigenvalue weighted by atomic mass is 79.9. The third kappa shape index (κ3) is 4.04. The van der Waals surface area contributed by atoms with E-state index in [2.05, 4.69) is 52.5 Å². The lowest BCUT2D eigenvalue weighted by molar-refractivity contribution is -0.134. The van der Waals surface area contributed by atoms with Crippen LogP contribution in [0.1, 0.15) is 19.4 Å². The van der Waals surface area contributed by atoms with E-state index >= 15 is 0 Å². The summed E-state index contributed by atoms with van der Waals surface area (Å²) in [5.41, 5.74) is 1.07. The van der Waals surface area contributed by atoms with E-state index in [9.17, 15) is 4.79 Å². The van der Waals surface area contributed by atoms with Crippen LogP contribution >= 0.6 is 15.9 Å². The molecule has 1 heterocycles. The number of halogens is 1. The van der Waals surface area contributed by atoms with Crippen LogP contribution in [-0.4, -0.2) is 38.3 Å². The number of hydrogen-bond acceptors (Lipinski definition) is 3.